The molecule has 0 aliphatic heterocycles. The fourth-order valence-electron chi connectivity index (χ4n) is 3.63. The smallest absolute Gasteiger partial charge is 0.321 e. The van der Waals surface area contributed by atoms with Gasteiger partial charge in [0.2, 0.25) is 0 Å². The molecule has 4 aromatic heterocycles. The van der Waals surface area contributed by atoms with Crippen LogP contribution in [0.3, 0.4) is 0 Å². The van der Waals surface area contributed by atoms with Gasteiger partial charge in [0.25, 0.3) is 5.56 Å². The van der Waals surface area contributed by atoms with E-state index in [2.05, 4.69) is 9.97 Å². The molecule has 34 heavy (non-hydrogen) atoms. The summed E-state index contributed by atoms with van der Waals surface area (Å²) in [5.41, 5.74) is -4.80. The van der Waals surface area contributed by atoms with Crippen molar-refractivity contribution < 1.29 is 34.8 Å². The van der Waals surface area contributed by atoms with Gasteiger partial charge >= 0.3 is 12.4 Å². The van der Waals surface area contributed by atoms with E-state index in [9.17, 15) is 39.6 Å². The van der Waals surface area contributed by atoms with Crippen LogP contribution >= 0.6 is 0 Å². The van der Waals surface area contributed by atoms with Crippen LogP contribution < -0.4 is 5.56 Å². The topological polar surface area (TPSA) is 91.3 Å². The van der Waals surface area contributed by atoms with Crippen molar-refractivity contribution in [3.8, 4) is 11.5 Å². The summed E-state index contributed by atoms with van der Waals surface area (Å²) in [7, 11) is -1.91. The molecule has 8 nitrogen and oxygen atoms in total. The summed E-state index contributed by atoms with van der Waals surface area (Å²) in [4.78, 5) is 20.7. The summed E-state index contributed by atoms with van der Waals surface area (Å²) in [5.74, 6) is -0.741. The number of rotatable bonds is 3. The number of halogens is 6. The van der Waals surface area contributed by atoms with E-state index in [1.165, 1.54) is 14.0 Å². The van der Waals surface area contributed by atoms with E-state index >= 15 is 0 Å². The number of imidazole rings is 2. The fourth-order valence-corrected chi connectivity index (χ4v) is 4.79. The van der Waals surface area contributed by atoms with Crippen LogP contribution in [-0.4, -0.2) is 37.7 Å². The Kier molecular flexibility index (Phi) is 5.12. The van der Waals surface area contributed by atoms with Crippen molar-refractivity contribution in [2.24, 2.45) is 14.1 Å². The summed E-state index contributed by atoms with van der Waals surface area (Å²) < 4.78 is 108. The van der Waals surface area contributed by atoms with E-state index in [1.807, 2.05) is 0 Å². The molecule has 0 aromatic carbocycles. The second-order valence-electron chi connectivity index (χ2n) is 7.43. The van der Waals surface area contributed by atoms with Gasteiger partial charge in [-0.15, -0.1) is 0 Å². The standard InChI is InChI=1S/C19H15F6N5O3S/c1-4-34(32,33)17-13(27-12-7-9(18(20,21)22)5-6-30(12)17)15-26-10-8-11(19(23,24)25)28(2)16(31)14(10)29(15)3/h5-8H,4H2,1-3H3. The predicted octanol–water partition coefficient (Wildman–Crippen LogP) is 3.42. The highest BCUT2D eigenvalue weighted by Crippen LogP contribution is 2.35. The third-order valence-corrected chi connectivity index (χ3v) is 7.09. The normalized spacial score (nSPS) is 13.3. The molecule has 0 radical (unpaired) electrons. The van der Waals surface area contributed by atoms with Gasteiger partial charge < -0.3 is 9.13 Å². The quantitative estimate of drug-likeness (QED) is 0.397. The molecule has 4 aromatic rings. The van der Waals surface area contributed by atoms with Crippen molar-refractivity contribution in [2.75, 3.05) is 5.75 Å². The van der Waals surface area contributed by atoms with Crippen molar-refractivity contribution in [1.29, 1.82) is 0 Å². The molecule has 0 N–H and O–H groups in total. The summed E-state index contributed by atoms with van der Waals surface area (Å²) in [6.07, 6.45) is -8.70. The number of nitrogens with zero attached hydrogens (tertiary/aromatic N) is 5. The van der Waals surface area contributed by atoms with E-state index in [0.29, 0.717) is 22.8 Å². The third-order valence-electron chi connectivity index (χ3n) is 5.35. The Balaban J connectivity index is 2.11. The Labute approximate surface area is 187 Å². The van der Waals surface area contributed by atoms with Crippen molar-refractivity contribution in [1.82, 2.24) is 23.5 Å². The van der Waals surface area contributed by atoms with Crippen LogP contribution in [0.25, 0.3) is 28.2 Å². The van der Waals surface area contributed by atoms with E-state index < -0.39 is 55.5 Å². The number of sulfone groups is 1. The maximum absolute atomic E-state index is 13.3. The van der Waals surface area contributed by atoms with Gasteiger partial charge in [-0.1, -0.05) is 6.92 Å². The molecule has 4 rings (SSSR count). The molecule has 0 saturated heterocycles. The molecular formula is C19H15F6N5O3S. The van der Waals surface area contributed by atoms with E-state index in [-0.39, 0.29) is 22.5 Å². The zero-order valence-corrected chi connectivity index (χ0v) is 18.5. The van der Waals surface area contributed by atoms with E-state index in [0.717, 1.165) is 22.2 Å². The SMILES string of the molecule is CCS(=O)(=O)c1c(-c2nc3cc(C(F)(F)F)n(C)c(=O)c3n2C)nc2cc(C(F)(F)F)ccn12. The minimum absolute atomic E-state index is 0.265. The lowest BCUT2D eigenvalue weighted by Gasteiger charge is -2.11. The van der Waals surface area contributed by atoms with Gasteiger partial charge in [0, 0.05) is 20.3 Å². The largest absolute Gasteiger partial charge is 0.431 e. The number of pyridine rings is 2. The van der Waals surface area contributed by atoms with E-state index in [1.54, 1.807) is 0 Å². The highest BCUT2D eigenvalue weighted by atomic mass is 32.2. The first-order chi connectivity index (χ1) is 15.6. The molecule has 0 aliphatic carbocycles. The van der Waals surface area contributed by atoms with E-state index in [4.69, 9.17) is 0 Å². The van der Waals surface area contributed by atoms with Gasteiger partial charge in [-0.05, 0) is 18.2 Å². The van der Waals surface area contributed by atoms with Crippen molar-refractivity contribution >= 4 is 26.5 Å². The Hall–Kier alpha value is -3.36. The van der Waals surface area contributed by atoms with Crippen LogP contribution in [0.15, 0.2) is 34.2 Å². The molecule has 0 fully saturated rings. The highest BCUT2D eigenvalue weighted by Gasteiger charge is 2.36. The van der Waals surface area contributed by atoms with Crippen LogP contribution in [0, 0.1) is 0 Å². The van der Waals surface area contributed by atoms with Crippen molar-refractivity contribution in [3.63, 3.8) is 0 Å². The molecule has 0 atom stereocenters. The summed E-state index contributed by atoms with van der Waals surface area (Å²) in [5, 5.41) is -0.495. The average Bonchev–Trinajstić information content (AvgIpc) is 3.26. The summed E-state index contributed by atoms with van der Waals surface area (Å²) in [6.45, 7) is 1.31. The number of aryl methyl sites for hydroxylation is 1. The summed E-state index contributed by atoms with van der Waals surface area (Å²) in [6, 6.07) is 1.95. The third kappa shape index (κ3) is 3.54. The van der Waals surface area contributed by atoms with Crippen LogP contribution in [0.5, 0.6) is 0 Å². The van der Waals surface area contributed by atoms with Gasteiger partial charge in [-0.3, -0.25) is 9.20 Å². The molecule has 0 spiro atoms. The zero-order chi connectivity index (χ0) is 25.4. The second-order valence-corrected chi connectivity index (χ2v) is 9.62. The first kappa shape index (κ1) is 23.8. The lowest BCUT2D eigenvalue weighted by molar-refractivity contribution is -0.143. The number of aromatic nitrogens is 5. The number of fused-ring (bicyclic) bond motifs is 2. The molecule has 0 bridgehead atoms. The fraction of sp³-hybridized carbons (Fsp3) is 0.316. The Bertz CT molecular complexity index is 1630. The molecule has 0 saturated carbocycles. The van der Waals surface area contributed by atoms with Gasteiger partial charge in [0.1, 0.15) is 22.6 Å². The van der Waals surface area contributed by atoms with Crippen molar-refractivity contribution in [2.45, 2.75) is 24.3 Å². The van der Waals surface area contributed by atoms with Gasteiger partial charge in [0.05, 0.1) is 16.8 Å². The molecule has 0 unspecified atom stereocenters. The maximum Gasteiger partial charge on any atom is 0.431 e. The van der Waals surface area contributed by atoms with Crippen LogP contribution in [0.4, 0.5) is 26.3 Å². The molecule has 182 valence electrons. The lowest BCUT2D eigenvalue weighted by atomic mass is 10.2. The van der Waals surface area contributed by atoms with Gasteiger partial charge in [-0.25, -0.2) is 18.4 Å². The maximum atomic E-state index is 13.3. The van der Waals surface area contributed by atoms with Crippen LogP contribution in [-0.2, 0) is 36.3 Å². The van der Waals surface area contributed by atoms with Crippen LogP contribution in [0.1, 0.15) is 18.2 Å². The monoisotopic (exact) mass is 507 g/mol. The Morgan fingerprint density at radius 3 is 2.18 bits per heavy atom. The van der Waals surface area contributed by atoms with Gasteiger partial charge in [-0.2, -0.15) is 26.3 Å². The van der Waals surface area contributed by atoms with Gasteiger partial charge in [0.15, 0.2) is 20.7 Å². The minimum Gasteiger partial charge on any atom is -0.321 e. The Morgan fingerprint density at radius 2 is 1.62 bits per heavy atom. The molecular weight excluding hydrogens is 492 g/mol. The highest BCUT2D eigenvalue weighted by molar-refractivity contribution is 7.91. The summed E-state index contributed by atoms with van der Waals surface area (Å²) >= 11 is 0. The molecule has 0 amide bonds. The number of hydrogen-bond acceptors (Lipinski definition) is 5. The van der Waals surface area contributed by atoms with Crippen LogP contribution in [0.2, 0.25) is 0 Å². The lowest BCUT2D eigenvalue weighted by Crippen LogP contribution is -2.26. The zero-order valence-electron chi connectivity index (χ0n) is 17.7. The average molecular weight is 507 g/mol. The molecule has 4 heterocycles. The number of hydrogen-bond donors (Lipinski definition) is 0. The number of alkyl halides is 6. The first-order valence-corrected chi connectivity index (χ1v) is 11.2. The second kappa shape index (κ2) is 7.32. The molecule has 0 aliphatic rings. The minimum atomic E-state index is -4.87. The first-order valence-electron chi connectivity index (χ1n) is 9.54. The Morgan fingerprint density at radius 1 is 0.971 bits per heavy atom. The van der Waals surface area contributed by atoms with Crippen molar-refractivity contribution in [3.05, 3.63) is 46.0 Å². The predicted molar refractivity (Wildman–Crippen MR) is 108 cm³/mol. The molecule has 15 heteroatoms.